The van der Waals surface area contributed by atoms with E-state index in [0.29, 0.717) is 21.4 Å². The van der Waals surface area contributed by atoms with Crippen molar-refractivity contribution in [3.63, 3.8) is 0 Å². The molecule has 0 saturated heterocycles. The Morgan fingerprint density at radius 2 is 1.90 bits per heavy atom. The molecule has 0 bridgehead atoms. The quantitative estimate of drug-likeness (QED) is 0.816. The topological polar surface area (TPSA) is 54.0 Å². The molecule has 108 valence electrons. The highest BCUT2D eigenvalue weighted by atomic mass is 35.5. The normalized spacial score (nSPS) is 10.0. The molecule has 7 heteroatoms. The second kappa shape index (κ2) is 6.85. The average molecular weight is 340 g/mol. The number of aromatic nitrogens is 1. The Labute approximate surface area is 137 Å². The van der Waals surface area contributed by atoms with E-state index in [1.165, 1.54) is 6.20 Å². The van der Waals surface area contributed by atoms with Gasteiger partial charge in [0, 0.05) is 16.8 Å². The highest BCUT2D eigenvalue weighted by Crippen LogP contribution is 2.15. The van der Waals surface area contributed by atoms with Crippen LogP contribution in [0.1, 0.15) is 15.9 Å². The van der Waals surface area contributed by atoms with Crippen LogP contribution in [0.2, 0.25) is 10.0 Å². The number of anilines is 1. The van der Waals surface area contributed by atoms with Crippen molar-refractivity contribution in [3.8, 4) is 0 Å². The summed E-state index contributed by atoms with van der Waals surface area (Å²) in [6.45, 7) is 1.80. The number of halogens is 2. The smallest absolute Gasteiger partial charge is 0.257 e. The molecule has 0 aliphatic rings. The van der Waals surface area contributed by atoms with Gasteiger partial charge in [-0.2, -0.15) is 0 Å². The van der Waals surface area contributed by atoms with Gasteiger partial charge in [0.15, 0.2) is 5.11 Å². The van der Waals surface area contributed by atoms with E-state index in [0.717, 1.165) is 5.56 Å². The molecule has 21 heavy (non-hydrogen) atoms. The third kappa shape index (κ3) is 4.39. The number of benzene rings is 1. The molecule has 1 heterocycles. The molecule has 0 fully saturated rings. The van der Waals surface area contributed by atoms with Crippen LogP contribution in [0.15, 0.2) is 36.5 Å². The number of thiocarbonyl (C=S) groups is 1. The maximum absolute atomic E-state index is 12.1. The van der Waals surface area contributed by atoms with Crippen molar-refractivity contribution in [2.45, 2.75) is 6.92 Å². The predicted molar refractivity (Wildman–Crippen MR) is 89.1 cm³/mol. The van der Waals surface area contributed by atoms with Crippen LogP contribution in [0.3, 0.4) is 0 Å². The van der Waals surface area contributed by atoms with Crippen molar-refractivity contribution >= 4 is 52.3 Å². The van der Waals surface area contributed by atoms with E-state index in [9.17, 15) is 4.79 Å². The monoisotopic (exact) mass is 339 g/mol. The average Bonchev–Trinajstić information content (AvgIpc) is 2.41. The summed E-state index contributed by atoms with van der Waals surface area (Å²) < 4.78 is 0. The van der Waals surface area contributed by atoms with Crippen LogP contribution in [0.5, 0.6) is 0 Å². The third-order valence-electron chi connectivity index (χ3n) is 2.63. The third-order valence-corrected chi connectivity index (χ3v) is 3.29. The van der Waals surface area contributed by atoms with Crippen molar-refractivity contribution < 1.29 is 4.79 Å². The first kappa shape index (κ1) is 15.7. The van der Waals surface area contributed by atoms with E-state index in [1.54, 1.807) is 37.3 Å². The van der Waals surface area contributed by atoms with Crippen LogP contribution in [-0.2, 0) is 0 Å². The minimum absolute atomic E-state index is 0.157. The Morgan fingerprint density at radius 1 is 1.19 bits per heavy atom. The number of nitrogens with one attached hydrogen (secondary N) is 2. The van der Waals surface area contributed by atoms with Crippen LogP contribution < -0.4 is 10.6 Å². The molecule has 0 unspecified atom stereocenters. The molecule has 0 saturated carbocycles. The lowest BCUT2D eigenvalue weighted by Crippen LogP contribution is -2.34. The number of pyridine rings is 1. The van der Waals surface area contributed by atoms with Gasteiger partial charge in [0.05, 0.1) is 5.02 Å². The lowest BCUT2D eigenvalue weighted by molar-refractivity contribution is 0.0977. The van der Waals surface area contributed by atoms with Crippen LogP contribution in [0.25, 0.3) is 0 Å². The van der Waals surface area contributed by atoms with Gasteiger partial charge in [-0.05, 0) is 55.0 Å². The first-order valence-corrected chi connectivity index (χ1v) is 7.12. The summed E-state index contributed by atoms with van der Waals surface area (Å²) in [5.74, 6) is 0.188. The molecule has 0 atom stereocenters. The van der Waals surface area contributed by atoms with Gasteiger partial charge in [0.2, 0.25) is 0 Å². The molecule has 2 rings (SSSR count). The molecule has 4 nitrogen and oxygen atoms in total. The van der Waals surface area contributed by atoms with Crippen molar-refractivity contribution in [1.29, 1.82) is 0 Å². The maximum atomic E-state index is 12.1. The van der Waals surface area contributed by atoms with Crippen LogP contribution in [0, 0.1) is 6.92 Å². The summed E-state index contributed by atoms with van der Waals surface area (Å²) in [6.07, 6.45) is 1.48. The van der Waals surface area contributed by atoms with Gasteiger partial charge in [-0.3, -0.25) is 10.1 Å². The summed E-state index contributed by atoms with van der Waals surface area (Å²) >= 11 is 16.7. The molecular formula is C14H11Cl2N3OS. The Hall–Kier alpha value is -1.69. The van der Waals surface area contributed by atoms with Gasteiger partial charge in [0.25, 0.3) is 5.91 Å². The zero-order valence-electron chi connectivity index (χ0n) is 11.0. The van der Waals surface area contributed by atoms with Gasteiger partial charge in [-0.1, -0.05) is 23.2 Å². The van der Waals surface area contributed by atoms with Crippen LogP contribution in [0.4, 0.5) is 5.82 Å². The van der Waals surface area contributed by atoms with Crippen LogP contribution in [-0.4, -0.2) is 16.0 Å². The van der Waals surface area contributed by atoms with Crippen molar-refractivity contribution in [1.82, 2.24) is 10.3 Å². The summed E-state index contributed by atoms with van der Waals surface area (Å²) in [5, 5.41) is 6.65. The molecule has 1 amide bonds. The molecule has 1 aromatic heterocycles. The van der Waals surface area contributed by atoms with Crippen molar-refractivity contribution in [2.24, 2.45) is 0 Å². The van der Waals surface area contributed by atoms with E-state index in [-0.39, 0.29) is 11.0 Å². The lowest BCUT2D eigenvalue weighted by Gasteiger charge is -2.10. The molecule has 0 radical (unpaired) electrons. The zero-order chi connectivity index (χ0) is 15.4. The number of carbonyl (C=O) groups excluding carboxylic acids is 1. The Kier molecular flexibility index (Phi) is 5.12. The van der Waals surface area contributed by atoms with Crippen molar-refractivity contribution in [2.75, 3.05) is 5.32 Å². The minimum atomic E-state index is -0.310. The number of hydrogen-bond acceptors (Lipinski definition) is 3. The molecule has 2 aromatic rings. The first-order valence-electron chi connectivity index (χ1n) is 5.96. The number of nitrogens with zero attached hydrogens (tertiary/aromatic N) is 1. The predicted octanol–water partition coefficient (Wildman–Crippen LogP) is 3.82. The molecular weight excluding hydrogens is 329 g/mol. The number of carbonyl (C=O) groups is 1. The second-order valence-electron chi connectivity index (χ2n) is 4.23. The number of hydrogen-bond donors (Lipinski definition) is 2. The number of aryl methyl sites for hydroxylation is 1. The number of rotatable bonds is 2. The van der Waals surface area contributed by atoms with Crippen molar-refractivity contribution in [3.05, 3.63) is 57.7 Å². The summed E-state index contributed by atoms with van der Waals surface area (Å²) in [5.41, 5.74) is 1.28. The summed E-state index contributed by atoms with van der Waals surface area (Å²) in [7, 11) is 0. The standard InChI is InChI=1S/C14H11Cl2N3OS/c1-8-6-9(15)2-4-11(8)13(20)19-14(21)18-12-5-3-10(16)7-17-12/h2-7H,1H3,(H2,17,18,19,20,21). The molecule has 0 aliphatic heterocycles. The largest absolute Gasteiger partial charge is 0.317 e. The fraction of sp³-hybridized carbons (Fsp3) is 0.0714. The maximum Gasteiger partial charge on any atom is 0.257 e. The zero-order valence-corrected chi connectivity index (χ0v) is 13.3. The Morgan fingerprint density at radius 3 is 2.52 bits per heavy atom. The molecule has 0 aliphatic carbocycles. The summed E-state index contributed by atoms with van der Waals surface area (Å²) in [4.78, 5) is 16.1. The highest BCUT2D eigenvalue weighted by molar-refractivity contribution is 7.80. The van der Waals surface area contributed by atoms with Crippen LogP contribution >= 0.6 is 35.4 Å². The minimum Gasteiger partial charge on any atom is -0.317 e. The first-order chi connectivity index (χ1) is 9.95. The fourth-order valence-electron chi connectivity index (χ4n) is 1.65. The Balaban J connectivity index is 2.02. The van der Waals surface area contributed by atoms with E-state index in [4.69, 9.17) is 35.4 Å². The number of amides is 1. The highest BCUT2D eigenvalue weighted by Gasteiger charge is 2.11. The van der Waals surface area contributed by atoms with Gasteiger partial charge >= 0.3 is 0 Å². The summed E-state index contributed by atoms with van der Waals surface area (Å²) in [6, 6.07) is 8.35. The fourth-order valence-corrected chi connectivity index (χ4v) is 2.19. The van der Waals surface area contributed by atoms with Gasteiger partial charge in [0.1, 0.15) is 5.82 Å². The van der Waals surface area contributed by atoms with E-state index in [2.05, 4.69) is 15.6 Å². The van der Waals surface area contributed by atoms with E-state index in [1.807, 2.05) is 0 Å². The molecule has 1 aromatic carbocycles. The SMILES string of the molecule is Cc1cc(Cl)ccc1C(=O)NC(=S)Nc1ccc(Cl)cn1. The van der Waals surface area contributed by atoms with Gasteiger partial charge < -0.3 is 5.32 Å². The van der Waals surface area contributed by atoms with Gasteiger partial charge in [-0.25, -0.2) is 4.98 Å². The molecule has 2 N–H and O–H groups in total. The lowest BCUT2D eigenvalue weighted by atomic mass is 10.1. The second-order valence-corrected chi connectivity index (χ2v) is 5.51. The van der Waals surface area contributed by atoms with E-state index < -0.39 is 0 Å². The Bertz CT molecular complexity index is 689. The van der Waals surface area contributed by atoms with E-state index >= 15 is 0 Å². The molecule has 0 spiro atoms. The van der Waals surface area contributed by atoms with Gasteiger partial charge in [-0.15, -0.1) is 0 Å².